The summed E-state index contributed by atoms with van der Waals surface area (Å²) in [5.74, 6) is 0. The van der Waals surface area contributed by atoms with Gasteiger partial charge in [0.2, 0.25) is 0 Å². The van der Waals surface area contributed by atoms with E-state index in [1.165, 1.54) is 0 Å². The predicted octanol–water partition coefficient (Wildman–Crippen LogP) is -7.13. The number of hydrogen-bond acceptors (Lipinski definition) is 0. The van der Waals surface area contributed by atoms with Crippen molar-refractivity contribution < 1.29 is 43.8 Å². The molecule has 0 saturated carbocycles. The van der Waals surface area contributed by atoms with Crippen LogP contribution in [0.25, 0.3) is 0 Å². The SMILES string of the molecule is O.O.O.O.O.O.O.O.S.[NaH]. The van der Waals surface area contributed by atoms with Crippen molar-refractivity contribution in [3.8, 4) is 0 Å². The van der Waals surface area contributed by atoms with Gasteiger partial charge in [-0.2, -0.15) is 13.5 Å². The van der Waals surface area contributed by atoms with Gasteiger partial charge in [0.1, 0.15) is 0 Å². The standard InChI is InChI=1S/Na.8H2O.H2S.H/h;9*1H2;. The first-order valence-corrected chi connectivity index (χ1v) is 0. The van der Waals surface area contributed by atoms with Crippen LogP contribution in [-0.4, -0.2) is 73.4 Å². The second kappa shape index (κ2) is 771. The minimum absolute atomic E-state index is 0. The first-order valence-electron chi connectivity index (χ1n) is 0. The zero-order valence-electron chi connectivity index (χ0n) is 4.50. The molecule has 74 valence electrons. The molecule has 0 aromatic carbocycles. The van der Waals surface area contributed by atoms with Gasteiger partial charge in [0.25, 0.3) is 0 Å². The van der Waals surface area contributed by atoms with Gasteiger partial charge in [-0.05, 0) is 0 Å². The van der Waals surface area contributed by atoms with Crippen LogP contribution in [0.15, 0.2) is 0 Å². The molecule has 0 aliphatic rings. The molecule has 0 saturated heterocycles. The fourth-order valence-corrected chi connectivity index (χ4v) is 0. The summed E-state index contributed by atoms with van der Waals surface area (Å²) in [7, 11) is 0. The van der Waals surface area contributed by atoms with E-state index in [2.05, 4.69) is 0 Å². The summed E-state index contributed by atoms with van der Waals surface area (Å²) >= 11 is 0. The summed E-state index contributed by atoms with van der Waals surface area (Å²) in [6.45, 7) is 0. The number of hydrogen-bond donors (Lipinski definition) is 0. The molecule has 0 aliphatic heterocycles. The Balaban J connectivity index is 0. The van der Waals surface area contributed by atoms with Crippen molar-refractivity contribution >= 4 is 43.1 Å². The van der Waals surface area contributed by atoms with Crippen LogP contribution < -0.4 is 0 Å². The average Bonchev–Trinajstić information content (AvgIpc) is 0. The fraction of sp³-hybridized carbons (Fsp3) is 0. The Kier molecular flexibility index (Phi) is 80600. The second-order valence-electron chi connectivity index (χ2n) is 0. The van der Waals surface area contributed by atoms with Crippen LogP contribution in [0.4, 0.5) is 0 Å². The van der Waals surface area contributed by atoms with Gasteiger partial charge in [-0.25, -0.2) is 0 Å². The summed E-state index contributed by atoms with van der Waals surface area (Å²) in [6, 6.07) is 0. The van der Waals surface area contributed by atoms with Gasteiger partial charge in [0, 0.05) is 0 Å². The molecule has 0 radical (unpaired) electrons. The zero-order chi connectivity index (χ0) is 0. The Morgan fingerprint density at radius 2 is 0.300 bits per heavy atom. The molecule has 0 aromatic rings. The average molecular weight is 202 g/mol. The Morgan fingerprint density at radius 3 is 0.300 bits per heavy atom. The molecule has 0 rings (SSSR count). The van der Waals surface area contributed by atoms with Crippen LogP contribution in [-0.2, 0) is 0 Å². The first-order chi connectivity index (χ1) is 0. The molecule has 0 aromatic heterocycles. The molecule has 0 amide bonds. The van der Waals surface area contributed by atoms with Gasteiger partial charge < -0.3 is 43.8 Å². The zero-order valence-corrected chi connectivity index (χ0v) is 5.50. The van der Waals surface area contributed by atoms with E-state index in [-0.39, 0.29) is 86.9 Å². The molecule has 0 aliphatic carbocycles. The molecule has 0 fully saturated rings. The van der Waals surface area contributed by atoms with Crippen LogP contribution in [0, 0.1) is 0 Å². The summed E-state index contributed by atoms with van der Waals surface area (Å²) < 4.78 is 0. The summed E-state index contributed by atoms with van der Waals surface area (Å²) in [4.78, 5) is 0. The topological polar surface area (TPSA) is 252 Å². The van der Waals surface area contributed by atoms with Crippen molar-refractivity contribution in [3.05, 3.63) is 0 Å². The van der Waals surface area contributed by atoms with E-state index in [0.717, 1.165) is 0 Å². The van der Waals surface area contributed by atoms with Crippen molar-refractivity contribution in [2.45, 2.75) is 0 Å². The first kappa shape index (κ1) is 1050. The second-order valence-corrected chi connectivity index (χ2v) is 0. The van der Waals surface area contributed by atoms with E-state index in [9.17, 15) is 0 Å². The maximum atomic E-state index is 0. The van der Waals surface area contributed by atoms with E-state index < -0.39 is 0 Å². The van der Waals surface area contributed by atoms with Crippen molar-refractivity contribution in [1.29, 1.82) is 0 Å². The molecule has 10 heavy (non-hydrogen) atoms. The maximum absolute atomic E-state index is 0. The third-order valence-electron chi connectivity index (χ3n) is 0. The van der Waals surface area contributed by atoms with Gasteiger partial charge in [-0.15, -0.1) is 0 Å². The molecular formula is H19NaO8S. The van der Waals surface area contributed by atoms with Gasteiger partial charge in [0.15, 0.2) is 0 Å². The molecule has 0 atom stereocenters. The molecular weight excluding hydrogens is 183 g/mol. The van der Waals surface area contributed by atoms with Gasteiger partial charge in [-0.1, -0.05) is 0 Å². The van der Waals surface area contributed by atoms with E-state index in [4.69, 9.17) is 0 Å². The molecule has 0 unspecified atom stereocenters. The van der Waals surface area contributed by atoms with Gasteiger partial charge in [-0.3, -0.25) is 0 Å². The van der Waals surface area contributed by atoms with E-state index in [1.807, 2.05) is 0 Å². The minimum atomic E-state index is 0. The van der Waals surface area contributed by atoms with Crippen molar-refractivity contribution in [3.63, 3.8) is 0 Å². The Bertz CT molecular complexity index is 9.22. The van der Waals surface area contributed by atoms with Crippen molar-refractivity contribution in [1.82, 2.24) is 0 Å². The quantitative estimate of drug-likeness (QED) is 0.331. The monoisotopic (exact) mass is 202 g/mol. The summed E-state index contributed by atoms with van der Waals surface area (Å²) in [5.41, 5.74) is 0. The summed E-state index contributed by atoms with van der Waals surface area (Å²) in [5, 5.41) is 0. The Hall–Kier alpha value is 1.03. The third-order valence-corrected chi connectivity index (χ3v) is 0. The van der Waals surface area contributed by atoms with Crippen LogP contribution in [0.3, 0.4) is 0 Å². The third kappa shape index (κ3) is 549. The molecule has 0 heterocycles. The van der Waals surface area contributed by atoms with Crippen molar-refractivity contribution in [2.24, 2.45) is 0 Å². The van der Waals surface area contributed by atoms with Crippen LogP contribution >= 0.6 is 13.5 Å². The molecule has 8 nitrogen and oxygen atoms in total. The van der Waals surface area contributed by atoms with Gasteiger partial charge >= 0.3 is 29.6 Å². The molecule has 16 N–H and O–H groups in total. The summed E-state index contributed by atoms with van der Waals surface area (Å²) in [6.07, 6.45) is 0. The van der Waals surface area contributed by atoms with Crippen LogP contribution in [0.1, 0.15) is 0 Å². The fourth-order valence-electron chi connectivity index (χ4n) is 0. The predicted molar refractivity (Wildman–Crippen MR) is 46.4 cm³/mol. The van der Waals surface area contributed by atoms with Crippen molar-refractivity contribution in [2.75, 3.05) is 0 Å². The molecule has 0 spiro atoms. The van der Waals surface area contributed by atoms with E-state index in [0.29, 0.717) is 0 Å². The van der Waals surface area contributed by atoms with E-state index in [1.54, 1.807) is 0 Å². The number of rotatable bonds is 0. The van der Waals surface area contributed by atoms with E-state index >= 15 is 0 Å². The Morgan fingerprint density at radius 1 is 0.300 bits per heavy atom. The normalized spacial score (nSPS) is 0. The molecule has 10 heteroatoms. The van der Waals surface area contributed by atoms with Gasteiger partial charge in [0.05, 0.1) is 0 Å². The van der Waals surface area contributed by atoms with Crippen LogP contribution in [0.5, 0.6) is 0 Å². The van der Waals surface area contributed by atoms with Crippen LogP contribution in [0.2, 0.25) is 0 Å². The Labute approximate surface area is 86.8 Å². The molecule has 0 bridgehead atoms.